The molecule has 0 aliphatic carbocycles. The molecule has 104 valence electrons. The standard InChI is InChI=1S/C14H16N4OS/c1-3-19-11-4-5-12-13(8-11)20-14(17-12)15-9-10-6-7-16-18(10)2/h4-8H,3,9H2,1-2H3,(H,15,17). The lowest BCUT2D eigenvalue weighted by Gasteiger charge is -2.02. The minimum atomic E-state index is 0.676. The van der Waals surface area contributed by atoms with Gasteiger partial charge in [0, 0.05) is 13.2 Å². The lowest BCUT2D eigenvalue weighted by Crippen LogP contribution is -2.04. The zero-order chi connectivity index (χ0) is 13.9. The van der Waals surface area contributed by atoms with Crippen LogP contribution in [0, 0.1) is 0 Å². The summed E-state index contributed by atoms with van der Waals surface area (Å²) >= 11 is 1.63. The highest BCUT2D eigenvalue weighted by Gasteiger charge is 2.06. The SMILES string of the molecule is CCOc1ccc2nc(NCc3ccnn3C)sc2c1. The van der Waals surface area contributed by atoms with Crippen LogP contribution in [0.25, 0.3) is 10.2 Å². The summed E-state index contributed by atoms with van der Waals surface area (Å²) in [6, 6.07) is 7.97. The molecule has 5 nitrogen and oxygen atoms in total. The quantitative estimate of drug-likeness (QED) is 0.784. The Morgan fingerprint density at radius 1 is 1.35 bits per heavy atom. The number of fused-ring (bicyclic) bond motifs is 1. The molecule has 1 aromatic carbocycles. The molecule has 0 amide bonds. The molecule has 0 spiro atoms. The van der Waals surface area contributed by atoms with Gasteiger partial charge in [-0.25, -0.2) is 4.98 Å². The van der Waals surface area contributed by atoms with E-state index in [1.165, 1.54) is 0 Å². The van der Waals surface area contributed by atoms with Gasteiger partial charge in [0.25, 0.3) is 0 Å². The largest absolute Gasteiger partial charge is 0.494 e. The number of benzene rings is 1. The molecule has 0 saturated carbocycles. The molecule has 0 unspecified atom stereocenters. The van der Waals surface area contributed by atoms with Gasteiger partial charge < -0.3 is 10.1 Å². The Balaban J connectivity index is 1.77. The van der Waals surface area contributed by atoms with Gasteiger partial charge >= 0.3 is 0 Å². The molecule has 0 fully saturated rings. The van der Waals surface area contributed by atoms with Gasteiger partial charge in [0.05, 0.1) is 29.1 Å². The van der Waals surface area contributed by atoms with Crippen LogP contribution in [0.15, 0.2) is 30.5 Å². The Morgan fingerprint density at radius 2 is 2.25 bits per heavy atom. The molecule has 20 heavy (non-hydrogen) atoms. The molecule has 3 rings (SSSR count). The van der Waals surface area contributed by atoms with Crippen molar-refractivity contribution in [3.63, 3.8) is 0 Å². The Hall–Kier alpha value is -2.08. The Morgan fingerprint density at radius 3 is 3.00 bits per heavy atom. The minimum absolute atomic E-state index is 0.676. The van der Waals surface area contributed by atoms with E-state index >= 15 is 0 Å². The highest BCUT2D eigenvalue weighted by Crippen LogP contribution is 2.29. The van der Waals surface area contributed by atoms with Gasteiger partial charge in [-0.3, -0.25) is 4.68 Å². The van der Waals surface area contributed by atoms with Crippen molar-refractivity contribution in [1.29, 1.82) is 0 Å². The van der Waals surface area contributed by atoms with Gasteiger partial charge in [-0.05, 0) is 31.2 Å². The topological polar surface area (TPSA) is 52.0 Å². The normalized spacial score (nSPS) is 10.9. The minimum Gasteiger partial charge on any atom is -0.494 e. The second kappa shape index (κ2) is 5.50. The molecule has 0 radical (unpaired) electrons. The fourth-order valence-corrected chi connectivity index (χ4v) is 2.87. The molecule has 0 aliphatic heterocycles. The molecule has 0 saturated heterocycles. The van der Waals surface area contributed by atoms with E-state index in [9.17, 15) is 0 Å². The third-order valence-electron chi connectivity index (χ3n) is 3.01. The van der Waals surface area contributed by atoms with Gasteiger partial charge in [0.2, 0.25) is 0 Å². The molecule has 2 heterocycles. The van der Waals surface area contributed by atoms with Crippen molar-refractivity contribution in [1.82, 2.24) is 14.8 Å². The van der Waals surface area contributed by atoms with Crippen molar-refractivity contribution in [3.05, 3.63) is 36.2 Å². The molecular weight excluding hydrogens is 272 g/mol. The number of nitrogens with one attached hydrogen (secondary N) is 1. The number of thiazole rings is 1. The highest BCUT2D eigenvalue weighted by atomic mass is 32.1. The second-order valence-corrected chi connectivity index (χ2v) is 5.41. The highest BCUT2D eigenvalue weighted by molar-refractivity contribution is 7.22. The van der Waals surface area contributed by atoms with Crippen LogP contribution in [-0.2, 0) is 13.6 Å². The van der Waals surface area contributed by atoms with Crippen LogP contribution in [0.5, 0.6) is 5.75 Å². The zero-order valence-corrected chi connectivity index (χ0v) is 12.3. The predicted octanol–water partition coefficient (Wildman–Crippen LogP) is 3.04. The molecule has 2 aromatic heterocycles. The average molecular weight is 288 g/mol. The van der Waals surface area contributed by atoms with Crippen molar-refractivity contribution in [2.24, 2.45) is 7.05 Å². The van der Waals surface area contributed by atoms with Gasteiger partial charge in [-0.15, -0.1) is 0 Å². The van der Waals surface area contributed by atoms with Gasteiger partial charge in [0.15, 0.2) is 5.13 Å². The Labute approximate surface area is 121 Å². The van der Waals surface area contributed by atoms with Gasteiger partial charge in [-0.2, -0.15) is 5.10 Å². The summed E-state index contributed by atoms with van der Waals surface area (Å²) in [7, 11) is 1.93. The van der Waals surface area contributed by atoms with Crippen molar-refractivity contribution in [2.45, 2.75) is 13.5 Å². The van der Waals surface area contributed by atoms with Crippen molar-refractivity contribution >= 4 is 26.7 Å². The molecule has 6 heteroatoms. The number of nitrogens with zero attached hydrogens (tertiary/aromatic N) is 3. The first-order chi connectivity index (χ1) is 9.76. The fourth-order valence-electron chi connectivity index (χ4n) is 1.98. The number of anilines is 1. The number of rotatable bonds is 5. The summed E-state index contributed by atoms with van der Waals surface area (Å²) in [6.45, 7) is 3.38. The maximum atomic E-state index is 5.50. The molecule has 1 N–H and O–H groups in total. The summed E-state index contributed by atoms with van der Waals surface area (Å²) in [4.78, 5) is 4.57. The molecule has 3 aromatic rings. The third kappa shape index (κ3) is 2.60. The van der Waals surface area contributed by atoms with E-state index in [4.69, 9.17) is 4.74 Å². The maximum absolute atomic E-state index is 5.50. The number of hydrogen-bond acceptors (Lipinski definition) is 5. The van der Waals surface area contributed by atoms with Crippen LogP contribution in [0.1, 0.15) is 12.6 Å². The first kappa shape index (κ1) is 12.9. The van der Waals surface area contributed by atoms with Crippen LogP contribution < -0.4 is 10.1 Å². The number of hydrogen-bond donors (Lipinski definition) is 1. The van der Waals surface area contributed by atoms with Crippen LogP contribution in [0.3, 0.4) is 0 Å². The lowest BCUT2D eigenvalue weighted by molar-refractivity contribution is 0.341. The maximum Gasteiger partial charge on any atom is 0.184 e. The lowest BCUT2D eigenvalue weighted by atomic mass is 10.3. The first-order valence-electron chi connectivity index (χ1n) is 6.50. The number of ether oxygens (including phenoxy) is 1. The van der Waals surface area contributed by atoms with E-state index in [2.05, 4.69) is 15.4 Å². The average Bonchev–Trinajstić information content (AvgIpc) is 3.02. The summed E-state index contributed by atoms with van der Waals surface area (Å²) < 4.78 is 8.49. The van der Waals surface area contributed by atoms with E-state index in [0.29, 0.717) is 13.2 Å². The molecular formula is C14H16N4OS. The monoisotopic (exact) mass is 288 g/mol. The van der Waals surface area contributed by atoms with E-state index in [-0.39, 0.29) is 0 Å². The zero-order valence-electron chi connectivity index (χ0n) is 11.5. The number of aryl methyl sites for hydroxylation is 1. The van der Waals surface area contributed by atoms with Crippen LogP contribution in [0.2, 0.25) is 0 Å². The Bertz CT molecular complexity index is 719. The van der Waals surface area contributed by atoms with Crippen molar-refractivity contribution < 1.29 is 4.74 Å². The summed E-state index contributed by atoms with van der Waals surface area (Å²) in [6.07, 6.45) is 1.80. The second-order valence-electron chi connectivity index (χ2n) is 4.38. The summed E-state index contributed by atoms with van der Waals surface area (Å²) in [5, 5.41) is 8.39. The van der Waals surface area contributed by atoms with E-state index < -0.39 is 0 Å². The molecule has 0 aliphatic rings. The van der Waals surface area contributed by atoms with Crippen LogP contribution >= 0.6 is 11.3 Å². The third-order valence-corrected chi connectivity index (χ3v) is 3.99. The Kier molecular flexibility index (Phi) is 3.56. The van der Waals surface area contributed by atoms with E-state index in [1.54, 1.807) is 17.5 Å². The van der Waals surface area contributed by atoms with Gasteiger partial charge in [0.1, 0.15) is 5.75 Å². The van der Waals surface area contributed by atoms with Gasteiger partial charge in [-0.1, -0.05) is 11.3 Å². The van der Waals surface area contributed by atoms with E-state index in [0.717, 1.165) is 26.8 Å². The first-order valence-corrected chi connectivity index (χ1v) is 7.32. The molecule has 0 atom stereocenters. The van der Waals surface area contributed by atoms with Crippen LogP contribution in [0.4, 0.5) is 5.13 Å². The van der Waals surface area contributed by atoms with E-state index in [1.807, 2.05) is 42.9 Å². The summed E-state index contributed by atoms with van der Waals surface area (Å²) in [5.74, 6) is 0.891. The molecule has 0 bridgehead atoms. The van der Waals surface area contributed by atoms with Crippen molar-refractivity contribution in [3.8, 4) is 5.75 Å². The summed E-state index contributed by atoms with van der Waals surface area (Å²) in [5.41, 5.74) is 2.12. The number of aromatic nitrogens is 3. The predicted molar refractivity (Wildman–Crippen MR) is 81.3 cm³/mol. The smallest absolute Gasteiger partial charge is 0.184 e. The fraction of sp³-hybridized carbons (Fsp3) is 0.286. The van der Waals surface area contributed by atoms with Crippen molar-refractivity contribution in [2.75, 3.05) is 11.9 Å². The van der Waals surface area contributed by atoms with Crippen LogP contribution in [-0.4, -0.2) is 21.4 Å².